The number of hydrogen-bond donors (Lipinski definition) is 4. The van der Waals surface area contributed by atoms with Crippen LogP contribution in [-0.4, -0.2) is 178 Å². The molecule has 1 unspecified atom stereocenters. The molecule has 0 aliphatic carbocycles. The molecule has 0 bridgehead atoms. The summed E-state index contributed by atoms with van der Waals surface area (Å²) < 4.78 is 6.09. The molecule has 0 saturated carbocycles. The van der Waals surface area contributed by atoms with Crippen LogP contribution in [0.4, 0.5) is 0 Å². The quantitative estimate of drug-likeness (QED) is 0.206. The van der Waals surface area contributed by atoms with Crippen LogP contribution in [0.5, 0.6) is 0 Å². The van der Waals surface area contributed by atoms with E-state index in [-0.39, 0.29) is 38.1 Å². The molecule has 0 aromatic heterocycles. The molecule has 2 fully saturated rings. The van der Waals surface area contributed by atoms with Crippen molar-refractivity contribution in [3.05, 3.63) is 71.8 Å². The number of fused-ring (bicyclic) bond motifs is 1. The van der Waals surface area contributed by atoms with Gasteiger partial charge in [-0.1, -0.05) is 136 Å². The number of nitrogens with zero attached hydrogens (tertiary/aromatic N) is 5. The fourth-order valence-corrected chi connectivity index (χ4v) is 11.0. The predicted molar refractivity (Wildman–Crippen MR) is 301 cm³/mol. The molecule has 4 N–H and O–H groups in total. The summed E-state index contributed by atoms with van der Waals surface area (Å²) in [5.74, 6) is -8.65. The van der Waals surface area contributed by atoms with Crippen LogP contribution in [0.25, 0.3) is 0 Å². The lowest BCUT2D eigenvalue weighted by Crippen LogP contribution is -2.63. The largest absolute Gasteiger partial charge is 0.450 e. The summed E-state index contributed by atoms with van der Waals surface area (Å²) in [6.45, 7) is 20.6. The van der Waals surface area contributed by atoms with Gasteiger partial charge in [-0.05, 0) is 74.3 Å². The Bertz CT molecular complexity index is 2430. The zero-order valence-corrected chi connectivity index (χ0v) is 49.8. The van der Waals surface area contributed by atoms with E-state index in [1.54, 1.807) is 72.7 Å². The topological polar surface area (TPSA) is 235 Å². The number of nitrogens with one attached hydrogen (secondary N) is 3. The molecule has 11 atom stereocenters. The second-order valence-corrected chi connectivity index (χ2v) is 23.7. The molecule has 4 rings (SSSR count). The lowest BCUT2D eigenvalue weighted by atomic mass is 9.93. The lowest BCUT2D eigenvalue weighted by molar-refractivity contribution is -0.177. The SMILES string of the molecule is CCC(C)[C@H]1OC(=O)[C@H](C(C)(C)O)N(C)C(=O)[C@H](CC(C)C)NC(=O)[C@H](C(C)C)N(C)C(=O)[C@H]([C@H](C)CC)NC(=O)[C@@H]2CCCN2C(=O)[C@@H](Cc2ccccc2)N(C)C(=O)[C@H](Cc2ccccc2)NC(=O)[C@H](C(C)C)N(C)C1=O. The van der Waals surface area contributed by atoms with E-state index in [0.717, 1.165) is 10.5 Å². The second-order valence-electron chi connectivity index (χ2n) is 23.7. The van der Waals surface area contributed by atoms with Crippen LogP contribution in [0.3, 0.4) is 0 Å². The Labute approximate surface area is 469 Å². The predicted octanol–water partition coefficient (Wildman–Crippen LogP) is 4.37. The van der Waals surface area contributed by atoms with Crippen molar-refractivity contribution in [2.45, 2.75) is 188 Å². The van der Waals surface area contributed by atoms with Gasteiger partial charge in [-0.3, -0.25) is 38.4 Å². The summed E-state index contributed by atoms with van der Waals surface area (Å²) in [4.78, 5) is 140. The first-order valence-electron chi connectivity index (χ1n) is 28.3. The van der Waals surface area contributed by atoms with Crippen molar-refractivity contribution in [3.63, 3.8) is 0 Å². The van der Waals surface area contributed by atoms with Gasteiger partial charge in [-0.25, -0.2) is 4.79 Å². The molecule has 2 saturated heterocycles. The minimum absolute atomic E-state index is 0.00676. The number of rotatable bonds is 13. The Hall–Kier alpha value is -6.37. The Balaban J connectivity index is 1.98. The average Bonchev–Trinajstić information content (AvgIpc) is 3.93. The van der Waals surface area contributed by atoms with Crippen LogP contribution in [0.2, 0.25) is 0 Å². The molecule has 2 aromatic carbocycles. The van der Waals surface area contributed by atoms with Crippen LogP contribution >= 0.6 is 0 Å². The minimum Gasteiger partial charge on any atom is -0.450 e. The Morgan fingerprint density at radius 3 is 1.54 bits per heavy atom. The Kier molecular flexibility index (Phi) is 23.6. The third-order valence-electron chi connectivity index (χ3n) is 15.8. The Morgan fingerprint density at radius 2 is 1.06 bits per heavy atom. The number of hydrogen-bond acceptors (Lipinski definition) is 11. The van der Waals surface area contributed by atoms with E-state index < -0.39 is 137 Å². The fourth-order valence-electron chi connectivity index (χ4n) is 11.0. The number of benzene rings is 2. The van der Waals surface area contributed by atoms with E-state index >= 15 is 9.59 Å². The molecule has 19 nitrogen and oxygen atoms in total. The van der Waals surface area contributed by atoms with E-state index in [0.29, 0.717) is 24.8 Å². The first kappa shape index (κ1) is 65.2. The molecular formula is C60H92N8O11. The molecule has 19 heteroatoms. The summed E-state index contributed by atoms with van der Waals surface area (Å²) in [6.07, 6.45) is 0.101. The highest BCUT2D eigenvalue weighted by Crippen LogP contribution is 2.27. The van der Waals surface area contributed by atoms with Crippen LogP contribution in [0.15, 0.2) is 60.7 Å². The van der Waals surface area contributed by atoms with Crippen LogP contribution in [-0.2, 0) is 60.7 Å². The van der Waals surface area contributed by atoms with Gasteiger partial charge < -0.3 is 50.3 Å². The van der Waals surface area contributed by atoms with Crippen molar-refractivity contribution in [1.29, 1.82) is 0 Å². The number of carbonyl (C=O) groups excluding carboxylic acids is 9. The minimum atomic E-state index is -1.97. The third kappa shape index (κ3) is 16.4. The first-order chi connectivity index (χ1) is 37.0. The number of esters is 1. The van der Waals surface area contributed by atoms with E-state index in [1.165, 1.54) is 61.6 Å². The number of amides is 8. The molecular weight excluding hydrogens is 1010 g/mol. The van der Waals surface area contributed by atoms with E-state index in [2.05, 4.69) is 16.0 Å². The van der Waals surface area contributed by atoms with Crippen LogP contribution in [0, 0.1) is 29.6 Å². The first-order valence-corrected chi connectivity index (χ1v) is 28.3. The van der Waals surface area contributed by atoms with Crippen LogP contribution in [0.1, 0.15) is 126 Å². The summed E-state index contributed by atoms with van der Waals surface area (Å²) in [6, 6.07) is 8.11. The zero-order valence-electron chi connectivity index (χ0n) is 49.8. The van der Waals surface area contributed by atoms with Crippen LogP contribution < -0.4 is 16.0 Å². The molecule has 438 valence electrons. The van der Waals surface area contributed by atoms with Crippen molar-refractivity contribution in [1.82, 2.24) is 40.4 Å². The van der Waals surface area contributed by atoms with Gasteiger partial charge in [0, 0.05) is 53.5 Å². The van der Waals surface area contributed by atoms with Gasteiger partial charge in [0.1, 0.15) is 42.3 Å². The molecule has 8 amide bonds. The number of carbonyl (C=O) groups is 9. The fraction of sp³-hybridized carbons (Fsp3) is 0.650. The van der Waals surface area contributed by atoms with Crippen molar-refractivity contribution in [2.75, 3.05) is 34.7 Å². The van der Waals surface area contributed by atoms with Crippen molar-refractivity contribution >= 4 is 53.2 Å². The monoisotopic (exact) mass is 1100 g/mol. The number of ether oxygens (including phenoxy) is 1. The van der Waals surface area contributed by atoms with Gasteiger partial charge in [0.15, 0.2) is 12.1 Å². The van der Waals surface area contributed by atoms with Crippen molar-refractivity contribution in [3.8, 4) is 0 Å². The molecule has 79 heavy (non-hydrogen) atoms. The van der Waals surface area contributed by atoms with Crippen molar-refractivity contribution in [2.24, 2.45) is 29.6 Å². The van der Waals surface area contributed by atoms with E-state index in [4.69, 9.17) is 4.74 Å². The number of aliphatic hydroxyl groups is 1. The van der Waals surface area contributed by atoms with Gasteiger partial charge in [0.25, 0.3) is 5.91 Å². The summed E-state index contributed by atoms with van der Waals surface area (Å²) in [5.41, 5.74) is -0.551. The maximum Gasteiger partial charge on any atom is 0.332 e. The standard InChI is InChI=1S/C60H92N8O11/c1-17-38(9)46-57(75)65(14)47(36(5)6)52(70)61-42(32-35(3)4)55(73)67(16)50(60(11,12)78)59(77)79-49(39(10)18-2)58(76)66(15)48(37(7)8)53(71)62-43(33-40-26-21-19-22-27-40)54(72)64(13)45(34-41-28-23-20-24-29-41)56(74)68-31-25-30-44(68)51(69)63-46/h19-24,26-29,35-39,42-50,78H,17-18,25,30-34H2,1-16H3,(H,61,70)(H,62,71)(H,63,69)/t38-,39?,42+,43+,44+,45-,46+,47+,48+,49-,50-/m1/s1. The second kappa shape index (κ2) is 28.7. The highest BCUT2D eigenvalue weighted by atomic mass is 16.6. The lowest BCUT2D eigenvalue weighted by Gasteiger charge is -2.39. The van der Waals surface area contributed by atoms with E-state index in [1.807, 2.05) is 57.2 Å². The molecule has 0 radical (unpaired) electrons. The average molecular weight is 1100 g/mol. The van der Waals surface area contributed by atoms with Gasteiger partial charge in [-0.2, -0.15) is 0 Å². The highest BCUT2D eigenvalue weighted by molar-refractivity contribution is 5.99. The summed E-state index contributed by atoms with van der Waals surface area (Å²) in [5, 5.41) is 20.5. The molecule has 2 aliphatic heterocycles. The van der Waals surface area contributed by atoms with Gasteiger partial charge in [0.05, 0.1) is 5.60 Å². The van der Waals surface area contributed by atoms with Gasteiger partial charge >= 0.3 is 5.97 Å². The summed E-state index contributed by atoms with van der Waals surface area (Å²) in [7, 11) is 5.67. The Morgan fingerprint density at radius 1 is 0.582 bits per heavy atom. The normalized spacial score (nSPS) is 26.5. The zero-order chi connectivity index (χ0) is 59.4. The maximum absolute atomic E-state index is 15.3. The highest BCUT2D eigenvalue weighted by Gasteiger charge is 2.48. The molecule has 2 aromatic rings. The molecule has 2 aliphatic rings. The summed E-state index contributed by atoms with van der Waals surface area (Å²) >= 11 is 0. The molecule has 0 spiro atoms. The smallest absolute Gasteiger partial charge is 0.332 e. The van der Waals surface area contributed by atoms with Crippen molar-refractivity contribution < 1.29 is 53.0 Å². The number of cyclic esters (lactones) is 1. The number of likely N-dealkylation sites (N-methyl/N-ethyl adjacent to an activating group) is 4. The molecule has 2 heterocycles. The van der Waals surface area contributed by atoms with Gasteiger partial charge in [0.2, 0.25) is 41.4 Å². The van der Waals surface area contributed by atoms with E-state index in [9.17, 15) is 38.7 Å². The van der Waals surface area contributed by atoms with Gasteiger partial charge in [-0.15, -0.1) is 0 Å². The maximum atomic E-state index is 15.3. The third-order valence-corrected chi connectivity index (χ3v) is 15.8.